The number of amides is 2. The van der Waals surface area contributed by atoms with E-state index in [-0.39, 0.29) is 22.6 Å². The minimum absolute atomic E-state index is 0.0930. The molecule has 2 fully saturated rings. The Kier molecular flexibility index (Phi) is 8.57. The van der Waals surface area contributed by atoms with Gasteiger partial charge in [0.25, 0.3) is 5.91 Å². The maximum absolute atomic E-state index is 13.3. The number of carbonyl (C=O) groups excluding carboxylic acids is 2. The fourth-order valence-corrected chi connectivity index (χ4v) is 5.83. The SMILES string of the molecule is CC(=O)N1CCN(Cc2cnc(NC(=O)C(=NN3CCOCC3)c3ccc(S(C)(=O)=O)cc3)s2)C[C@@H]1C. The number of nitrogens with one attached hydrogen (secondary N) is 1. The highest BCUT2D eigenvalue weighted by atomic mass is 32.2. The number of thiazole rings is 1. The van der Waals surface area contributed by atoms with Crippen LogP contribution in [0.2, 0.25) is 0 Å². The molecule has 1 atom stereocenters. The molecule has 13 heteroatoms. The standard InChI is InChI=1S/C24H32N6O5S2/c1-17-15-28(8-9-30(17)18(2)31)16-20-14-25-24(36-20)26-23(32)22(27-29-10-12-35-13-11-29)19-4-6-21(7-5-19)37(3,33)34/h4-7,14,17H,8-13,15-16H2,1-3H3,(H,25,26,32)/t17-/m0/s1. The number of nitrogens with zero attached hydrogens (tertiary/aromatic N) is 5. The normalized spacial score (nSPS) is 19.6. The molecule has 0 unspecified atom stereocenters. The first-order valence-corrected chi connectivity index (χ1v) is 14.8. The topological polar surface area (TPSA) is 125 Å². The molecule has 0 aliphatic carbocycles. The number of hydrogen-bond acceptors (Lipinski definition) is 10. The highest BCUT2D eigenvalue weighted by Crippen LogP contribution is 2.22. The summed E-state index contributed by atoms with van der Waals surface area (Å²) in [7, 11) is -3.36. The van der Waals surface area contributed by atoms with Gasteiger partial charge in [-0.25, -0.2) is 13.4 Å². The molecule has 2 aliphatic heterocycles. The fourth-order valence-electron chi connectivity index (χ4n) is 4.35. The van der Waals surface area contributed by atoms with Crippen molar-refractivity contribution in [2.24, 2.45) is 5.10 Å². The Hall–Kier alpha value is -2.87. The first kappa shape index (κ1) is 27.2. The van der Waals surface area contributed by atoms with Crippen LogP contribution in [0.5, 0.6) is 0 Å². The lowest BCUT2D eigenvalue weighted by atomic mass is 10.1. The Morgan fingerprint density at radius 3 is 2.49 bits per heavy atom. The van der Waals surface area contributed by atoms with Crippen molar-refractivity contribution in [2.45, 2.75) is 31.3 Å². The van der Waals surface area contributed by atoms with Gasteiger partial charge in [-0.1, -0.05) is 12.1 Å². The van der Waals surface area contributed by atoms with Gasteiger partial charge in [0.05, 0.1) is 31.2 Å². The summed E-state index contributed by atoms with van der Waals surface area (Å²) < 4.78 is 29.1. The maximum Gasteiger partial charge on any atom is 0.278 e. The van der Waals surface area contributed by atoms with E-state index in [1.54, 1.807) is 30.3 Å². The number of carbonyl (C=O) groups is 2. The first-order chi connectivity index (χ1) is 17.6. The Balaban J connectivity index is 1.46. The third-order valence-electron chi connectivity index (χ3n) is 6.27. The summed E-state index contributed by atoms with van der Waals surface area (Å²) in [5.41, 5.74) is 0.679. The van der Waals surface area contributed by atoms with Crippen LogP contribution in [0.1, 0.15) is 24.3 Å². The quantitative estimate of drug-likeness (QED) is 0.513. The van der Waals surface area contributed by atoms with E-state index in [0.717, 1.165) is 24.2 Å². The van der Waals surface area contributed by atoms with Gasteiger partial charge in [-0.05, 0) is 19.1 Å². The molecule has 200 valence electrons. The molecule has 0 spiro atoms. The number of rotatable bonds is 7. The van der Waals surface area contributed by atoms with Crippen molar-refractivity contribution in [1.82, 2.24) is 19.8 Å². The average Bonchev–Trinajstić information content (AvgIpc) is 3.29. The van der Waals surface area contributed by atoms with Crippen LogP contribution in [0.3, 0.4) is 0 Å². The summed E-state index contributed by atoms with van der Waals surface area (Å²) in [4.78, 5) is 34.8. The summed E-state index contributed by atoms with van der Waals surface area (Å²) in [6.07, 6.45) is 2.89. The van der Waals surface area contributed by atoms with E-state index >= 15 is 0 Å². The number of aromatic nitrogens is 1. The Labute approximate surface area is 221 Å². The summed E-state index contributed by atoms with van der Waals surface area (Å²) in [5.74, 6) is -0.335. The maximum atomic E-state index is 13.3. The Morgan fingerprint density at radius 2 is 1.86 bits per heavy atom. The minimum atomic E-state index is -3.36. The molecule has 3 heterocycles. The third kappa shape index (κ3) is 7.12. The minimum Gasteiger partial charge on any atom is -0.378 e. The molecule has 2 amide bonds. The predicted molar refractivity (Wildman–Crippen MR) is 141 cm³/mol. The number of ether oxygens (including phenoxy) is 1. The first-order valence-electron chi connectivity index (χ1n) is 12.1. The lowest BCUT2D eigenvalue weighted by Crippen LogP contribution is -2.52. The largest absolute Gasteiger partial charge is 0.378 e. The van der Waals surface area contributed by atoms with Crippen LogP contribution in [-0.2, 0) is 30.7 Å². The van der Waals surface area contributed by atoms with Crippen molar-refractivity contribution in [2.75, 3.05) is 57.5 Å². The van der Waals surface area contributed by atoms with Crippen molar-refractivity contribution in [1.29, 1.82) is 0 Å². The monoisotopic (exact) mass is 548 g/mol. The molecule has 0 bridgehead atoms. The number of benzene rings is 1. The van der Waals surface area contributed by atoms with Crippen molar-refractivity contribution in [3.05, 3.63) is 40.9 Å². The molecule has 0 radical (unpaired) electrons. The van der Waals surface area contributed by atoms with E-state index in [1.165, 1.54) is 23.5 Å². The van der Waals surface area contributed by atoms with Gasteiger partial charge in [0.2, 0.25) is 5.91 Å². The van der Waals surface area contributed by atoms with Gasteiger partial charge in [-0.15, -0.1) is 11.3 Å². The highest BCUT2D eigenvalue weighted by molar-refractivity contribution is 7.90. The van der Waals surface area contributed by atoms with E-state index in [0.29, 0.717) is 50.1 Å². The third-order valence-corrected chi connectivity index (χ3v) is 8.30. The molecule has 1 N–H and O–H groups in total. The van der Waals surface area contributed by atoms with Crippen LogP contribution in [0.25, 0.3) is 0 Å². The van der Waals surface area contributed by atoms with Gasteiger partial charge in [0, 0.05) is 62.0 Å². The second kappa shape index (κ2) is 11.7. The molecule has 37 heavy (non-hydrogen) atoms. The summed E-state index contributed by atoms with van der Waals surface area (Å²) >= 11 is 1.39. The van der Waals surface area contributed by atoms with Crippen LogP contribution in [0.4, 0.5) is 5.13 Å². The lowest BCUT2D eigenvalue weighted by Gasteiger charge is -2.39. The van der Waals surface area contributed by atoms with Gasteiger partial charge in [0.1, 0.15) is 0 Å². The van der Waals surface area contributed by atoms with E-state index in [1.807, 2.05) is 11.8 Å². The number of hydrogen-bond donors (Lipinski definition) is 1. The molecule has 1 aromatic carbocycles. The van der Waals surface area contributed by atoms with Crippen molar-refractivity contribution < 1.29 is 22.7 Å². The Morgan fingerprint density at radius 1 is 1.16 bits per heavy atom. The van der Waals surface area contributed by atoms with Gasteiger partial charge in [0.15, 0.2) is 20.7 Å². The fraction of sp³-hybridized carbons (Fsp3) is 0.500. The zero-order chi connectivity index (χ0) is 26.6. The molecule has 4 rings (SSSR count). The van der Waals surface area contributed by atoms with Crippen LogP contribution < -0.4 is 5.32 Å². The zero-order valence-corrected chi connectivity index (χ0v) is 22.8. The molecule has 2 saturated heterocycles. The average molecular weight is 549 g/mol. The zero-order valence-electron chi connectivity index (χ0n) is 21.2. The van der Waals surface area contributed by atoms with E-state index in [2.05, 4.69) is 20.3 Å². The van der Waals surface area contributed by atoms with Crippen molar-refractivity contribution in [3.8, 4) is 0 Å². The van der Waals surface area contributed by atoms with Crippen LogP contribution >= 0.6 is 11.3 Å². The van der Waals surface area contributed by atoms with Crippen molar-refractivity contribution >= 4 is 43.8 Å². The van der Waals surface area contributed by atoms with E-state index in [9.17, 15) is 18.0 Å². The summed E-state index contributed by atoms with van der Waals surface area (Å²) in [5, 5.41) is 9.65. The molecule has 2 aliphatic rings. The molecule has 2 aromatic rings. The second-order valence-corrected chi connectivity index (χ2v) is 12.3. The second-order valence-electron chi connectivity index (χ2n) is 9.19. The number of piperazine rings is 1. The smallest absolute Gasteiger partial charge is 0.278 e. The lowest BCUT2D eigenvalue weighted by molar-refractivity contribution is -0.133. The number of hydrazone groups is 1. The summed E-state index contributed by atoms with van der Waals surface area (Å²) in [6, 6.07) is 6.27. The number of sulfone groups is 1. The Bertz CT molecular complexity index is 1250. The van der Waals surface area contributed by atoms with Crippen LogP contribution in [0.15, 0.2) is 40.5 Å². The molecule has 11 nitrogen and oxygen atoms in total. The molecule has 0 saturated carbocycles. The molecular formula is C24H32N6O5S2. The number of anilines is 1. The predicted octanol–water partition coefficient (Wildman–Crippen LogP) is 1.27. The van der Waals surface area contributed by atoms with Crippen molar-refractivity contribution in [3.63, 3.8) is 0 Å². The molecular weight excluding hydrogens is 516 g/mol. The van der Waals surface area contributed by atoms with Crippen LogP contribution in [0, 0.1) is 0 Å². The van der Waals surface area contributed by atoms with E-state index < -0.39 is 15.7 Å². The van der Waals surface area contributed by atoms with E-state index in [4.69, 9.17) is 4.74 Å². The van der Waals surface area contributed by atoms with Crippen LogP contribution in [-0.4, -0.2) is 104 Å². The van der Waals surface area contributed by atoms with Gasteiger partial charge < -0.3 is 9.64 Å². The summed E-state index contributed by atoms with van der Waals surface area (Å²) in [6.45, 7) is 8.71. The van der Waals surface area contributed by atoms with Gasteiger partial charge >= 0.3 is 0 Å². The van der Waals surface area contributed by atoms with Gasteiger partial charge in [-0.3, -0.25) is 24.8 Å². The van der Waals surface area contributed by atoms with Gasteiger partial charge in [-0.2, -0.15) is 5.10 Å². The molecule has 1 aromatic heterocycles. The highest BCUT2D eigenvalue weighted by Gasteiger charge is 2.26. The number of morpholine rings is 1.